The van der Waals surface area contributed by atoms with E-state index in [-0.39, 0.29) is 42.1 Å². The van der Waals surface area contributed by atoms with E-state index in [0.29, 0.717) is 97.6 Å². The van der Waals surface area contributed by atoms with Gasteiger partial charge in [0, 0.05) is 73.2 Å². The number of hydrogen-bond donors (Lipinski definition) is 1. The van der Waals surface area contributed by atoms with Crippen molar-refractivity contribution in [1.29, 1.82) is 0 Å². The summed E-state index contributed by atoms with van der Waals surface area (Å²) in [6, 6.07) is 24.8. The molecule has 0 radical (unpaired) electrons. The Morgan fingerprint density at radius 1 is 0.848 bits per heavy atom. The molecule has 3 unspecified atom stereocenters. The van der Waals surface area contributed by atoms with Crippen molar-refractivity contribution in [2.45, 2.75) is 96.3 Å². The molecular weight excluding hydrogens is 876 g/mol. The molecular formula is C52H54Cl2N6O6. The van der Waals surface area contributed by atoms with E-state index >= 15 is 4.79 Å². The molecule has 4 heterocycles. The predicted octanol–water partition coefficient (Wildman–Crippen LogP) is 8.87. The largest absolute Gasteiger partial charge is 0.493 e. The van der Waals surface area contributed by atoms with Crippen molar-refractivity contribution < 1.29 is 28.7 Å². The number of aliphatic imine (C=N–C) groups is 1. The SMILES string of the molecule is CCOc1cc(C(C)(C)C)ccc1C1=NC(c2ccc(Cl)cc2)C(c2ccc(Cl)cc2)N1C(=O)N1CCN(C(=O)CCCCC#Cc2cccc3c2CN(C2CCC(=O)NC2=O)C3=O)CC1. The molecule has 0 saturated carbocycles. The molecule has 0 spiro atoms. The summed E-state index contributed by atoms with van der Waals surface area (Å²) in [5, 5.41) is 3.52. The van der Waals surface area contributed by atoms with E-state index in [9.17, 15) is 19.2 Å². The summed E-state index contributed by atoms with van der Waals surface area (Å²) in [5.74, 6) is 6.61. The zero-order chi connectivity index (χ0) is 46.7. The Balaban J connectivity index is 0.933. The topological polar surface area (TPSA) is 132 Å². The first-order chi connectivity index (χ1) is 31.7. The lowest BCUT2D eigenvalue weighted by Crippen LogP contribution is -2.55. The number of ether oxygens (including phenoxy) is 1. The van der Waals surface area contributed by atoms with Crippen LogP contribution in [0.2, 0.25) is 10.0 Å². The van der Waals surface area contributed by atoms with Gasteiger partial charge in [-0.25, -0.2) is 4.79 Å². The Morgan fingerprint density at radius 3 is 2.20 bits per heavy atom. The number of carbonyl (C=O) groups is 5. The second-order valence-corrected chi connectivity index (χ2v) is 19.0. The van der Waals surface area contributed by atoms with E-state index in [1.807, 2.05) is 83.5 Å². The first-order valence-corrected chi connectivity index (χ1v) is 23.4. The molecule has 4 aliphatic rings. The average molecular weight is 930 g/mol. The minimum Gasteiger partial charge on any atom is -0.493 e. The van der Waals surface area contributed by atoms with E-state index in [1.54, 1.807) is 17.0 Å². The maximum absolute atomic E-state index is 15.1. The van der Waals surface area contributed by atoms with Crippen LogP contribution in [0.3, 0.4) is 0 Å². The maximum Gasteiger partial charge on any atom is 0.326 e. The molecule has 4 aliphatic heterocycles. The number of nitrogens with one attached hydrogen (secondary N) is 1. The van der Waals surface area contributed by atoms with Crippen molar-refractivity contribution in [3.05, 3.63) is 134 Å². The van der Waals surface area contributed by atoms with Crippen molar-refractivity contribution >= 4 is 58.7 Å². The predicted molar refractivity (Wildman–Crippen MR) is 254 cm³/mol. The normalized spacial score (nSPS) is 19.6. The Hall–Kier alpha value is -6.16. The molecule has 1 N–H and O–H groups in total. The van der Waals surface area contributed by atoms with Crippen molar-refractivity contribution in [3.8, 4) is 17.6 Å². The summed E-state index contributed by atoms with van der Waals surface area (Å²) in [6.07, 6.45) is 2.79. The number of benzene rings is 4. The fourth-order valence-corrected chi connectivity index (χ4v) is 9.36. The first kappa shape index (κ1) is 46.4. The van der Waals surface area contributed by atoms with Crippen LogP contribution >= 0.6 is 23.2 Å². The van der Waals surface area contributed by atoms with Crippen LogP contribution in [0.5, 0.6) is 5.75 Å². The van der Waals surface area contributed by atoms with Crippen LogP contribution in [0.1, 0.15) is 122 Å². The number of nitrogens with zero attached hydrogens (tertiary/aromatic N) is 5. The summed E-state index contributed by atoms with van der Waals surface area (Å²) >= 11 is 12.8. The highest BCUT2D eigenvalue weighted by Gasteiger charge is 2.45. The quantitative estimate of drug-likeness (QED) is 0.0961. The lowest BCUT2D eigenvalue weighted by atomic mass is 9.86. The van der Waals surface area contributed by atoms with Gasteiger partial charge in [0.2, 0.25) is 17.7 Å². The van der Waals surface area contributed by atoms with Crippen LogP contribution in [-0.4, -0.2) is 93.9 Å². The van der Waals surface area contributed by atoms with Crippen LogP contribution < -0.4 is 10.1 Å². The molecule has 4 aromatic rings. The van der Waals surface area contributed by atoms with Gasteiger partial charge in [0.05, 0.1) is 18.2 Å². The number of amides is 6. The second kappa shape index (κ2) is 19.7. The zero-order valence-electron chi connectivity index (χ0n) is 37.7. The number of urea groups is 1. The molecule has 4 aromatic carbocycles. The average Bonchev–Trinajstić information content (AvgIpc) is 3.86. The molecule has 14 heteroatoms. The van der Waals surface area contributed by atoms with E-state index in [4.69, 9.17) is 32.9 Å². The highest BCUT2D eigenvalue weighted by Crippen LogP contribution is 2.46. The Morgan fingerprint density at radius 2 is 1.53 bits per heavy atom. The fourth-order valence-electron chi connectivity index (χ4n) is 9.11. The zero-order valence-corrected chi connectivity index (χ0v) is 39.3. The van der Waals surface area contributed by atoms with Gasteiger partial charge in [-0.3, -0.25) is 34.4 Å². The van der Waals surface area contributed by atoms with Crippen LogP contribution in [0.4, 0.5) is 4.79 Å². The van der Waals surface area contributed by atoms with E-state index in [2.05, 4.69) is 44.0 Å². The number of piperazine rings is 1. The summed E-state index contributed by atoms with van der Waals surface area (Å²) in [4.78, 5) is 78.3. The van der Waals surface area contributed by atoms with Crippen LogP contribution in [-0.2, 0) is 26.3 Å². The van der Waals surface area contributed by atoms with Gasteiger partial charge < -0.3 is 19.4 Å². The molecule has 66 heavy (non-hydrogen) atoms. The number of imide groups is 1. The summed E-state index contributed by atoms with van der Waals surface area (Å²) < 4.78 is 6.28. The number of carbonyl (C=O) groups excluding carboxylic acids is 5. The monoisotopic (exact) mass is 928 g/mol. The van der Waals surface area contributed by atoms with Gasteiger partial charge in [0.15, 0.2) is 0 Å². The van der Waals surface area contributed by atoms with E-state index in [0.717, 1.165) is 27.8 Å². The van der Waals surface area contributed by atoms with Gasteiger partial charge in [-0.2, -0.15) is 0 Å². The number of unbranched alkanes of at least 4 members (excludes halogenated alkanes) is 2. The Bertz CT molecular complexity index is 2620. The van der Waals surface area contributed by atoms with Gasteiger partial charge in [-0.05, 0) is 102 Å². The molecule has 2 fully saturated rings. The smallest absolute Gasteiger partial charge is 0.326 e. The van der Waals surface area contributed by atoms with Crippen molar-refractivity contribution in [2.24, 2.45) is 4.99 Å². The summed E-state index contributed by atoms with van der Waals surface area (Å²) in [5.41, 5.74) is 5.49. The summed E-state index contributed by atoms with van der Waals surface area (Å²) in [6.45, 7) is 10.6. The third-order valence-electron chi connectivity index (χ3n) is 12.7. The molecule has 0 aliphatic carbocycles. The third kappa shape index (κ3) is 9.84. The highest BCUT2D eigenvalue weighted by atomic mass is 35.5. The van der Waals surface area contributed by atoms with Crippen LogP contribution in [0.15, 0.2) is 89.9 Å². The van der Waals surface area contributed by atoms with Crippen LogP contribution in [0, 0.1) is 11.8 Å². The van der Waals surface area contributed by atoms with Gasteiger partial charge in [-0.15, -0.1) is 0 Å². The molecule has 3 atom stereocenters. The number of amidine groups is 1. The number of halogens is 2. The molecule has 2 saturated heterocycles. The minimum absolute atomic E-state index is 0.0357. The van der Waals surface area contributed by atoms with Gasteiger partial charge >= 0.3 is 6.03 Å². The lowest BCUT2D eigenvalue weighted by Gasteiger charge is -2.39. The molecule has 342 valence electrons. The fraction of sp³-hybridized carbons (Fsp3) is 0.385. The molecule has 0 aromatic heterocycles. The van der Waals surface area contributed by atoms with Crippen LogP contribution in [0.25, 0.3) is 0 Å². The molecule has 8 rings (SSSR count). The first-order valence-electron chi connectivity index (χ1n) is 22.7. The lowest BCUT2D eigenvalue weighted by molar-refractivity contribution is -0.137. The maximum atomic E-state index is 15.1. The highest BCUT2D eigenvalue weighted by molar-refractivity contribution is 6.30. The Kier molecular flexibility index (Phi) is 13.9. The van der Waals surface area contributed by atoms with Gasteiger partial charge in [0.25, 0.3) is 5.91 Å². The van der Waals surface area contributed by atoms with Crippen molar-refractivity contribution in [1.82, 2.24) is 24.9 Å². The minimum atomic E-state index is -0.686. The van der Waals surface area contributed by atoms with Crippen molar-refractivity contribution in [3.63, 3.8) is 0 Å². The number of fused-ring (bicyclic) bond motifs is 1. The Labute approximate surface area is 396 Å². The van der Waals surface area contributed by atoms with E-state index < -0.39 is 24.0 Å². The molecule has 12 nitrogen and oxygen atoms in total. The number of hydrogen-bond acceptors (Lipinski definition) is 7. The summed E-state index contributed by atoms with van der Waals surface area (Å²) in [7, 11) is 0. The number of piperidine rings is 1. The van der Waals surface area contributed by atoms with Crippen molar-refractivity contribution in [2.75, 3.05) is 32.8 Å². The standard InChI is InChI=1S/C52H54Cl2N6O6/c1-5-66-43-31-36(52(2,3)4)19-24-40(43)48-56-46(34-15-20-37(53)21-16-34)47(35-17-22-38(54)23-18-35)60(48)51(65)58-29-27-57(28-30-58)45(62)14-9-7-6-8-11-33-12-10-13-39-41(33)32-59(50(39)64)42-25-26-44(61)55-49(42)63/h10,12-13,15-24,31,42,46-47H,5-7,9,14,25-30,32H2,1-4H3,(H,55,61,63). The third-order valence-corrected chi connectivity index (χ3v) is 13.2. The van der Waals surface area contributed by atoms with Gasteiger partial charge in [0.1, 0.15) is 23.7 Å². The number of rotatable bonds is 10. The van der Waals surface area contributed by atoms with Gasteiger partial charge in [-0.1, -0.05) is 92.2 Å². The molecule has 6 amide bonds. The van der Waals surface area contributed by atoms with E-state index in [1.165, 1.54) is 4.90 Å². The second-order valence-electron chi connectivity index (χ2n) is 18.1. The molecule has 0 bridgehead atoms.